The van der Waals surface area contributed by atoms with Gasteiger partial charge in [0.1, 0.15) is 15.5 Å². The molecule has 0 amide bonds. The van der Waals surface area contributed by atoms with Crippen LogP contribution in [0.25, 0.3) is 0 Å². The maximum Gasteiger partial charge on any atom is 0.298 e. The Bertz CT molecular complexity index is 930. The highest BCUT2D eigenvalue weighted by molar-refractivity contribution is 7.99. The Morgan fingerprint density at radius 1 is 0.857 bits per heavy atom. The molecule has 0 radical (unpaired) electrons. The van der Waals surface area contributed by atoms with Crippen molar-refractivity contribution in [1.82, 2.24) is 0 Å². The van der Waals surface area contributed by atoms with Crippen LogP contribution in [-0.2, 0) is 33.1 Å². The zero-order valence-electron chi connectivity index (χ0n) is 16.0. The standard InChI is InChI=1S/C9H12O4S.C9H12O3S2/c2*1-3-7-4-5-8(13-2)9(6-7)14(10,11)12/h2*4-6H,3H2,1-2H3,(H,10,11,12). The van der Waals surface area contributed by atoms with Crippen LogP contribution in [-0.4, -0.2) is 39.3 Å². The predicted octanol–water partition coefficient (Wildman–Crippen LogP) is 3.72. The van der Waals surface area contributed by atoms with Crippen LogP contribution in [0.5, 0.6) is 5.75 Å². The zero-order valence-corrected chi connectivity index (χ0v) is 18.5. The minimum absolute atomic E-state index is 0.00403. The van der Waals surface area contributed by atoms with Gasteiger partial charge in [0.2, 0.25) is 0 Å². The average Bonchev–Trinajstić information content (AvgIpc) is 2.66. The molecule has 2 rings (SSSR count). The van der Waals surface area contributed by atoms with Gasteiger partial charge in [-0.1, -0.05) is 26.0 Å². The van der Waals surface area contributed by atoms with Crippen molar-refractivity contribution < 1.29 is 30.7 Å². The summed E-state index contributed by atoms with van der Waals surface area (Å²) in [4.78, 5) is 0.397. The van der Waals surface area contributed by atoms with Gasteiger partial charge >= 0.3 is 0 Å². The van der Waals surface area contributed by atoms with E-state index in [-0.39, 0.29) is 15.5 Å². The van der Waals surface area contributed by atoms with Crippen LogP contribution < -0.4 is 4.74 Å². The minimum Gasteiger partial charge on any atom is -0.495 e. The van der Waals surface area contributed by atoms with Gasteiger partial charge in [-0.2, -0.15) is 16.8 Å². The Labute approximate surface area is 170 Å². The molecule has 0 heterocycles. The molecule has 10 heteroatoms. The highest BCUT2D eigenvalue weighted by atomic mass is 32.2. The third-order valence-electron chi connectivity index (χ3n) is 3.83. The number of rotatable bonds is 6. The molecule has 0 aliphatic rings. The molecule has 0 aliphatic heterocycles. The third kappa shape index (κ3) is 6.78. The first-order chi connectivity index (χ1) is 13.0. The van der Waals surface area contributed by atoms with Crippen molar-refractivity contribution in [2.24, 2.45) is 0 Å². The maximum atomic E-state index is 11.0. The monoisotopic (exact) mass is 448 g/mol. The van der Waals surface area contributed by atoms with E-state index in [9.17, 15) is 16.8 Å². The van der Waals surface area contributed by atoms with Crippen LogP contribution in [0, 0.1) is 0 Å². The summed E-state index contributed by atoms with van der Waals surface area (Å²) in [6.45, 7) is 3.83. The lowest BCUT2D eigenvalue weighted by molar-refractivity contribution is 0.397. The summed E-state index contributed by atoms with van der Waals surface area (Å²) in [6.07, 6.45) is 3.22. The fourth-order valence-electron chi connectivity index (χ4n) is 2.29. The first-order valence-electron chi connectivity index (χ1n) is 8.26. The van der Waals surface area contributed by atoms with Crippen LogP contribution in [0.15, 0.2) is 51.1 Å². The molecule has 156 valence electrons. The van der Waals surface area contributed by atoms with Gasteiger partial charge in [-0.15, -0.1) is 11.8 Å². The van der Waals surface area contributed by atoms with Crippen molar-refractivity contribution in [2.75, 3.05) is 13.4 Å². The van der Waals surface area contributed by atoms with E-state index in [0.717, 1.165) is 17.5 Å². The smallest absolute Gasteiger partial charge is 0.298 e. The van der Waals surface area contributed by atoms with Crippen LogP contribution in [0.4, 0.5) is 0 Å². The second-order valence-corrected chi connectivity index (χ2v) is 9.26. The Balaban J connectivity index is 0.000000280. The first kappa shape index (κ1) is 24.4. The largest absolute Gasteiger partial charge is 0.495 e. The molecule has 2 N–H and O–H groups in total. The molecule has 2 aromatic carbocycles. The van der Waals surface area contributed by atoms with E-state index in [1.54, 1.807) is 18.4 Å². The van der Waals surface area contributed by atoms with Crippen molar-refractivity contribution in [3.63, 3.8) is 0 Å². The van der Waals surface area contributed by atoms with Crippen molar-refractivity contribution in [3.05, 3.63) is 47.5 Å². The van der Waals surface area contributed by atoms with Gasteiger partial charge in [0.15, 0.2) is 0 Å². The average molecular weight is 449 g/mol. The van der Waals surface area contributed by atoms with Gasteiger partial charge in [0.05, 0.1) is 7.11 Å². The van der Waals surface area contributed by atoms with E-state index in [1.807, 2.05) is 19.9 Å². The summed E-state index contributed by atoms with van der Waals surface area (Å²) in [5.74, 6) is 0.157. The van der Waals surface area contributed by atoms with Gasteiger partial charge in [-0.05, 0) is 54.5 Å². The second kappa shape index (κ2) is 10.3. The van der Waals surface area contributed by atoms with E-state index in [0.29, 0.717) is 11.3 Å². The number of hydrogen-bond acceptors (Lipinski definition) is 6. The van der Waals surface area contributed by atoms with Crippen molar-refractivity contribution in [2.45, 2.75) is 41.4 Å². The SMILES string of the molecule is CCc1ccc(OC)c(S(=O)(=O)O)c1.CCc1ccc(SC)c(S(=O)(=O)O)c1. The summed E-state index contributed by atoms with van der Waals surface area (Å²) in [6, 6.07) is 9.79. The van der Waals surface area contributed by atoms with Crippen LogP contribution >= 0.6 is 11.8 Å². The number of benzene rings is 2. The zero-order chi connectivity index (χ0) is 21.5. The summed E-state index contributed by atoms with van der Waals surface area (Å²) >= 11 is 1.30. The lowest BCUT2D eigenvalue weighted by atomic mass is 10.2. The second-order valence-electron chi connectivity index (χ2n) is 5.63. The lowest BCUT2D eigenvalue weighted by Crippen LogP contribution is -2.02. The molecular formula is C18H24O7S3. The molecule has 28 heavy (non-hydrogen) atoms. The molecule has 0 spiro atoms. The summed E-state index contributed by atoms with van der Waals surface area (Å²) in [5, 5.41) is 0. The molecule has 0 unspecified atom stereocenters. The number of ether oxygens (including phenoxy) is 1. The summed E-state index contributed by atoms with van der Waals surface area (Å²) in [7, 11) is -6.95. The van der Waals surface area contributed by atoms with Gasteiger partial charge in [0.25, 0.3) is 20.2 Å². The molecule has 0 saturated carbocycles. The molecule has 0 aliphatic carbocycles. The Morgan fingerprint density at radius 3 is 1.71 bits per heavy atom. The highest BCUT2D eigenvalue weighted by Crippen LogP contribution is 2.26. The molecule has 0 aromatic heterocycles. The normalized spacial score (nSPS) is 11.5. The topological polar surface area (TPSA) is 118 Å². The van der Waals surface area contributed by atoms with E-state index < -0.39 is 20.2 Å². The Morgan fingerprint density at radius 2 is 1.32 bits per heavy atom. The van der Waals surface area contributed by atoms with E-state index in [4.69, 9.17) is 13.8 Å². The van der Waals surface area contributed by atoms with E-state index >= 15 is 0 Å². The predicted molar refractivity (Wildman–Crippen MR) is 110 cm³/mol. The van der Waals surface area contributed by atoms with Crippen LogP contribution in [0.2, 0.25) is 0 Å². The maximum absolute atomic E-state index is 11.0. The Kier molecular flexibility index (Phi) is 8.96. The molecule has 2 aromatic rings. The summed E-state index contributed by atoms with van der Waals surface area (Å²) < 4.78 is 66.7. The summed E-state index contributed by atoms with van der Waals surface area (Å²) in [5.41, 5.74) is 1.73. The number of thioether (sulfide) groups is 1. The molecule has 0 atom stereocenters. The lowest BCUT2D eigenvalue weighted by Gasteiger charge is -2.07. The number of hydrogen-bond donors (Lipinski definition) is 2. The molecule has 7 nitrogen and oxygen atoms in total. The van der Waals surface area contributed by atoms with Gasteiger partial charge in [-0.25, -0.2) is 0 Å². The number of aryl methyl sites for hydroxylation is 2. The van der Waals surface area contributed by atoms with Crippen molar-refractivity contribution in [3.8, 4) is 5.75 Å². The minimum atomic E-state index is -4.20. The van der Waals surface area contributed by atoms with Crippen LogP contribution in [0.3, 0.4) is 0 Å². The van der Waals surface area contributed by atoms with Gasteiger partial charge < -0.3 is 4.74 Å². The fourth-order valence-corrected chi connectivity index (χ4v) is 4.64. The quantitative estimate of drug-likeness (QED) is 0.507. The van der Waals surface area contributed by atoms with Gasteiger partial charge in [0, 0.05) is 4.90 Å². The van der Waals surface area contributed by atoms with Gasteiger partial charge in [-0.3, -0.25) is 9.11 Å². The molecular weight excluding hydrogens is 424 g/mol. The third-order valence-corrected chi connectivity index (χ3v) is 6.52. The molecule has 0 fully saturated rings. The van der Waals surface area contributed by atoms with Crippen molar-refractivity contribution in [1.29, 1.82) is 0 Å². The highest BCUT2D eigenvalue weighted by Gasteiger charge is 2.16. The Hall–Kier alpha value is -1.59. The van der Waals surface area contributed by atoms with E-state index in [1.165, 1.54) is 37.1 Å². The van der Waals surface area contributed by atoms with Crippen LogP contribution in [0.1, 0.15) is 25.0 Å². The van der Waals surface area contributed by atoms with E-state index in [2.05, 4.69) is 0 Å². The molecule has 0 saturated heterocycles. The fraction of sp³-hybridized carbons (Fsp3) is 0.333. The number of methoxy groups -OCH3 is 1. The van der Waals surface area contributed by atoms with Crippen molar-refractivity contribution >= 4 is 32.0 Å². The first-order valence-corrected chi connectivity index (χ1v) is 12.4. The molecule has 0 bridgehead atoms.